The van der Waals surface area contributed by atoms with E-state index in [4.69, 9.17) is 4.98 Å². The molecule has 0 amide bonds. The van der Waals surface area contributed by atoms with Crippen LogP contribution in [0, 0.1) is 0 Å². The molecule has 0 radical (unpaired) electrons. The van der Waals surface area contributed by atoms with E-state index in [0.717, 1.165) is 32.1 Å². The minimum atomic E-state index is 0.633. The fourth-order valence-electron chi connectivity index (χ4n) is 3.26. The molecule has 3 rings (SSSR count). The molecule has 1 aromatic heterocycles. The highest BCUT2D eigenvalue weighted by Crippen LogP contribution is 2.34. The van der Waals surface area contributed by atoms with Gasteiger partial charge in [-0.1, -0.05) is 19.3 Å². The molecule has 2 aliphatic rings. The van der Waals surface area contributed by atoms with Crippen LogP contribution in [0.4, 0.5) is 0 Å². The van der Waals surface area contributed by atoms with E-state index in [-0.39, 0.29) is 0 Å². The van der Waals surface area contributed by atoms with E-state index in [9.17, 15) is 0 Å². The number of thiazole rings is 1. The van der Waals surface area contributed by atoms with Crippen molar-refractivity contribution in [3.05, 3.63) is 16.1 Å². The van der Waals surface area contributed by atoms with Gasteiger partial charge in [-0.05, 0) is 19.8 Å². The lowest BCUT2D eigenvalue weighted by molar-refractivity contribution is 0.164. The van der Waals surface area contributed by atoms with Crippen LogP contribution < -0.4 is 5.32 Å². The second kappa shape index (κ2) is 6.33. The second-order valence-corrected chi connectivity index (χ2v) is 6.93. The van der Waals surface area contributed by atoms with Crippen LogP contribution in [0.15, 0.2) is 5.38 Å². The molecule has 106 valence electrons. The van der Waals surface area contributed by atoms with Gasteiger partial charge in [0.15, 0.2) is 0 Å². The van der Waals surface area contributed by atoms with Gasteiger partial charge in [0.25, 0.3) is 0 Å². The quantitative estimate of drug-likeness (QED) is 0.922. The third-order valence-electron chi connectivity index (χ3n) is 4.53. The molecule has 1 atom stereocenters. The molecule has 2 heterocycles. The monoisotopic (exact) mass is 279 g/mol. The Balaban J connectivity index is 1.60. The highest BCUT2D eigenvalue weighted by atomic mass is 32.1. The van der Waals surface area contributed by atoms with Crippen molar-refractivity contribution < 1.29 is 0 Å². The Morgan fingerprint density at radius 3 is 3.00 bits per heavy atom. The highest BCUT2D eigenvalue weighted by molar-refractivity contribution is 7.09. The average molecular weight is 279 g/mol. The van der Waals surface area contributed by atoms with E-state index < -0.39 is 0 Å². The predicted molar refractivity (Wildman–Crippen MR) is 80.7 cm³/mol. The average Bonchev–Trinajstić information content (AvgIpc) is 2.91. The van der Waals surface area contributed by atoms with Crippen molar-refractivity contribution in [3.63, 3.8) is 0 Å². The number of rotatable bonds is 3. The van der Waals surface area contributed by atoms with Crippen molar-refractivity contribution >= 4 is 11.3 Å². The second-order valence-electron chi connectivity index (χ2n) is 6.04. The van der Waals surface area contributed by atoms with Gasteiger partial charge in [-0.2, -0.15) is 0 Å². The lowest BCUT2D eigenvalue weighted by Gasteiger charge is -2.33. The normalized spacial score (nSPS) is 26.7. The highest BCUT2D eigenvalue weighted by Gasteiger charge is 2.21. The van der Waals surface area contributed by atoms with Gasteiger partial charge in [-0.25, -0.2) is 4.98 Å². The van der Waals surface area contributed by atoms with Gasteiger partial charge >= 0.3 is 0 Å². The summed E-state index contributed by atoms with van der Waals surface area (Å²) in [7, 11) is 0. The fraction of sp³-hybridized carbons (Fsp3) is 0.800. The lowest BCUT2D eigenvalue weighted by Crippen LogP contribution is -2.49. The molecule has 1 aliphatic carbocycles. The summed E-state index contributed by atoms with van der Waals surface area (Å²) < 4.78 is 0. The van der Waals surface area contributed by atoms with Crippen LogP contribution in [-0.4, -0.2) is 35.6 Å². The summed E-state index contributed by atoms with van der Waals surface area (Å²) in [5, 5.41) is 7.14. The zero-order chi connectivity index (χ0) is 13.1. The Kier molecular flexibility index (Phi) is 4.51. The smallest absolute Gasteiger partial charge is 0.0959 e. The molecule has 3 nitrogen and oxygen atoms in total. The maximum atomic E-state index is 4.92. The molecule has 1 aliphatic heterocycles. The molecule has 0 unspecified atom stereocenters. The van der Waals surface area contributed by atoms with Crippen molar-refractivity contribution in [1.29, 1.82) is 0 Å². The van der Waals surface area contributed by atoms with Crippen molar-refractivity contribution in [2.75, 3.05) is 19.6 Å². The molecule has 2 fully saturated rings. The van der Waals surface area contributed by atoms with Gasteiger partial charge in [-0.15, -0.1) is 11.3 Å². The summed E-state index contributed by atoms with van der Waals surface area (Å²) in [5.41, 5.74) is 1.29. The third-order valence-corrected chi connectivity index (χ3v) is 5.58. The number of aromatic nitrogens is 1. The van der Waals surface area contributed by atoms with Gasteiger partial charge in [0.05, 0.1) is 10.7 Å². The fourth-order valence-corrected chi connectivity index (χ4v) is 4.24. The number of nitrogens with one attached hydrogen (secondary N) is 1. The van der Waals surface area contributed by atoms with Gasteiger partial charge in [0.1, 0.15) is 0 Å². The summed E-state index contributed by atoms with van der Waals surface area (Å²) in [4.78, 5) is 7.47. The zero-order valence-corrected chi connectivity index (χ0v) is 12.7. The minimum Gasteiger partial charge on any atom is -0.314 e. The molecule has 0 spiro atoms. The SMILES string of the molecule is C[C@@H]1CNCCN1Cc1csc(C2CCCCC2)n1. The first-order valence-electron chi connectivity index (χ1n) is 7.72. The zero-order valence-electron chi connectivity index (χ0n) is 11.9. The number of hydrogen-bond acceptors (Lipinski definition) is 4. The van der Waals surface area contributed by atoms with E-state index in [1.54, 1.807) is 0 Å². The van der Waals surface area contributed by atoms with E-state index in [1.807, 2.05) is 11.3 Å². The van der Waals surface area contributed by atoms with Crippen LogP contribution >= 0.6 is 11.3 Å². The Labute approximate surface area is 120 Å². The van der Waals surface area contributed by atoms with E-state index in [0.29, 0.717) is 6.04 Å². The standard InChI is InChI=1S/C15H25N3S/c1-12-9-16-7-8-18(12)10-14-11-19-15(17-14)13-5-3-2-4-6-13/h11-13,16H,2-10H2,1H3/t12-/m1/s1. The predicted octanol–water partition coefficient (Wildman–Crippen LogP) is 2.98. The van der Waals surface area contributed by atoms with E-state index >= 15 is 0 Å². The largest absolute Gasteiger partial charge is 0.314 e. The third kappa shape index (κ3) is 3.36. The topological polar surface area (TPSA) is 28.2 Å². The Bertz CT molecular complexity index is 398. The van der Waals surface area contributed by atoms with Gasteiger partial charge in [-0.3, -0.25) is 4.90 Å². The molecule has 0 bridgehead atoms. The first kappa shape index (κ1) is 13.5. The van der Waals surface area contributed by atoms with Crippen molar-refractivity contribution in [3.8, 4) is 0 Å². The Morgan fingerprint density at radius 1 is 1.37 bits per heavy atom. The maximum Gasteiger partial charge on any atom is 0.0959 e. The summed E-state index contributed by atoms with van der Waals surface area (Å²) >= 11 is 1.89. The molecule has 4 heteroatoms. The molecule has 1 N–H and O–H groups in total. The van der Waals surface area contributed by atoms with E-state index in [2.05, 4.69) is 22.5 Å². The summed E-state index contributed by atoms with van der Waals surface area (Å²) in [5.74, 6) is 0.757. The van der Waals surface area contributed by atoms with Crippen LogP contribution in [0.1, 0.15) is 55.6 Å². The van der Waals surface area contributed by atoms with Gasteiger partial charge in [0, 0.05) is 43.5 Å². The van der Waals surface area contributed by atoms with Crippen LogP contribution in [0.25, 0.3) is 0 Å². The first-order chi connectivity index (χ1) is 9.33. The van der Waals surface area contributed by atoms with Crippen LogP contribution in [-0.2, 0) is 6.54 Å². The molecule has 1 saturated heterocycles. The number of piperazine rings is 1. The molecule has 19 heavy (non-hydrogen) atoms. The summed E-state index contributed by atoms with van der Waals surface area (Å²) in [6.45, 7) is 6.72. The summed E-state index contributed by atoms with van der Waals surface area (Å²) in [6.07, 6.45) is 6.93. The first-order valence-corrected chi connectivity index (χ1v) is 8.60. The number of nitrogens with zero attached hydrogens (tertiary/aromatic N) is 2. The number of hydrogen-bond donors (Lipinski definition) is 1. The molecule has 1 aromatic rings. The minimum absolute atomic E-state index is 0.633. The molecular formula is C15H25N3S. The molecule has 1 saturated carbocycles. The van der Waals surface area contributed by atoms with Crippen molar-refractivity contribution in [2.24, 2.45) is 0 Å². The van der Waals surface area contributed by atoms with Gasteiger partial charge < -0.3 is 5.32 Å². The molecule has 0 aromatic carbocycles. The Morgan fingerprint density at radius 2 is 2.21 bits per heavy atom. The van der Waals surface area contributed by atoms with Crippen molar-refractivity contribution in [1.82, 2.24) is 15.2 Å². The maximum absolute atomic E-state index is 4.92. The molecular weight excluding hydrogens is 254 g/mol. The van der Waals surface area contributed by atoms with Crippen LogP contribution in [0.2, 0.25) is 0 Å². The lowest BCUT2D eigenvalue weighted by atomic mass is 9.90. The Hall–Kier alpha value is -0.450. The van der Waals surface area contributed by atoms with E-state index in [1.165, 1.54) is 42.8 Å². The van der Waals surface area contributed by atoms with Crippen molar-refractivity contribution in [2.45, 2.75) is 57.5 Å². The van der Waals surface area contributed by atoms with Crippen LogP contribution in [0.5, 0.6) is 0 Å². The van der Waals surface area contributed by atoms with Crippen LogP contribution in [0.3, 0.4) is 0 Å². The van der Waals surface area contributed by atoms with Gasteiger partial charge in [0.2, 0.25) is 0 Å². The summed E-state index contributed by atoms with van der Waals surface area (Å²) in [6, 6.07) is 0.633.